The van der Waals surface area contributed by atoms with Gasteiger partial charge in [0.25, 0.3) is 0 Å². The van der Waals surface area contributed by atoms with E-state index in [-0.39, 0.29) is 4.90 Å². The molecule has 6 heteroatoms. The van der Waals surface area contributed by atoms with Crippen molar-refractivity contribution >= 4 is 10.0 Å². The lowest BCUT2D eigenvalue weighted by Gasteiger charge is -2.14. The largest absolute Gasteiger partial charge is 0.381 e. The Labute approximate surface area is 139 Å². The van der Waals surface area contributed by atoms with Gasteiger partial charge in [0.2, 0.25) is 10.0 Å². The molecular formula is C17H28FNO3S. The van der Waals surface area contributed by atoms with Crippen molar-refractivity contribution in [3.05, 3.63) is 30.1 Å². The van der Waals surface area contributed by atoms with Gasteiger partial charge < -0.3 is 4.74 Å². The standard InChI is InChI=1S/C17H28FNO3S/c1-3-5-7-15(4-2)14-22-13-6-12-19-23(20,21)17-10-8-16(18)9-11-17/h8-11,15,19H,3-7,12-14H2,1-2H3. The van der Waals surface area contributed by atoms with E-state index in [1.54, 1.807) is 0 Å². The lowest BCUT2D eigenvalue weighted by molar-refractivity contribution is 0.0928. The molecule has 0 radical (unpaired) electrons. The first kappa shape index (κ1) is 20.1. The number of sulfonamides is 1. The average Bonchev–Trinajstić information content (AvgIpc) is 2.54. The molecule has 0 heterocycles. The highest BCUT2D eigenvalue weighted by molar-refractivity contribution is 7.89. The number of halogens is 1. The first-order valence-corrected chi connectivity index (χ1v) is 9.80. The molecule has 132 valence electrons. The molecule has 0 aromatic heterocycles. The topological polar surface area (TPSA) is 55.4 Å². The Hall–Kier alpha value is -0.980. The van der Waals surface area contributed by atoms with Crippen LogP contribution in [-0.4, -0.2) is 28.2 Å². The summed E-state index contributed by atoms with van der Waals surface area (Å²) in [4.78, 5) is 0.0745. The summed E-state index contributed by atoms with van der Waals surface area (Å²) in [7, 11) is -3.57. The predicted octanol–water partition coefficient (Wildman–Crippen LogP) is 3.73. The Bertz CT molecular complexity index is 531. The second-order valence-electron chi connectivity index (χ2n) is 5.70. The van der Waals surface area contributed by atoms with Crippen molar-refractivity contribution in [3.63, 3.8) is 0 Å². The second-order valence-corrected chi connectivity index (χ2v) is 7.46. The van der Waals surface area contributed by atoms with Crippen LogP contribution in [-0.2, 0) is 14.8 Å². The van der Waals surface area contributed by atoms with Crippen LogP contribution in [0.3, 0.4) is 0 Å². The maximum Gasteiger partial charge on any atom is 0.240 e. The van der Waals surface area contributed by atoms with Crippen molar-refractivity contribution in [1.82, 2.24) is 4.72 Å². The Morgan fingerprint density at radius 1 is 1.17 bits per heavy atom. The van der Waals surface area contributed by atoms with E-state index in [0.717, 1.165) is 25.2 Å². The van der Waals surface area contributed by atoms with Gasteiger partial charge in [-0.05, 0) is 43.0 Å². The van der Waals surface area contributed by atoms with Crippen LogP contribution in [0.15, 0.2) is 29.2 Å². The SMILES string of the molecule is CCCCC(CC)COCCCNS(=O)(=O)c1ccc(F)cc1. The van der Waals surface area contributed by atoms with Crippen molar-refractivity contribution in [2.45, 2.75) is 50.8 Å². The molecule has 0 aliphatic heterocycles. The minimum absolute atomic E-state index is 0.0745. The van der Waals surface area contributed by atoms with Gasteiger partial charge in [-0.1, -0.05) is 33.1 Å². The van der Waals surface area contributed by atoms with Gasteiger partial charge in [-0.2, -0.15) is 0 Å². The quantitative estimate of drug-likeness (QED) is 0.587. The van der Waals surface area contributed by atoms with E-state index < -0.39 is 15.8 Å². The van der Waals surface area contributed by atoms with Gasteiger partial charge in [0.15, 0.2) is 0 Å². The van der Waals surface area contributed by atoms with E-state index in [2.05, 4.69) is 18.6 Å². The summed E-state index contributed by atoms with van der Waals surface area (Å²) >= 11 is 0. The molecule has 0 aliphatic rings. The summed E-state index contributed by atoms with van der Waals surface area (Å²) in [5.74, 6) is 0.136. The summed E-state index contributed by atoms with van der Waals surface area (Å²) in [6.45, 7) is 5.93. The van der Waals surface area contributed by atoms with E-state index in [9.17, 15) is 12.8 Å². The lowest BCUT2D eigenvalue weighted by Crippen LogP contribution is -2.25. The number of rotatable bonds is 12. The molecule has 1 aromatic rings. The maximum atomic E-state index is 12.8. The molecule has 0 fully saturated rings. The summed E-state index contributed by atoms with van der Waals surface area (Å²) < 4.78 is 44.9. The van der Waals surface area contributed by atoms with E-state index in [1.165, 1.54) is 31.4 Å². The van der Waals surface area contributed by atoms with Crippen LogP contribution in [0.1, 0.15) is 46.0 Å². The Kier molecular flexibility index (Phi) is 9.36. The number of nitrogens with one attached hydrogen (secondary N) is 1. The fourth-order valence-electron chi connectivity index (χ4n) is 2.23. The average molecular weight is 345 g/mol. The van der Waals surface area contributed by atoms with Crippen LogP contribution in [0.25, 0.3) is 0 Å². The van der Waals surface area contributed by atoms with Gasteiger partial charge in [0.05, 0.1) is 4.90 Å². The molecule has 0 amide bonds. The lowest BCUT2D eigenvalue weighted by atomic mass is 10.0. The Balaban J connectivity index is 2.22. The van der Waals surface area contributed by atoms with Crippen molar-refractivity contribution in [2.75, 3.05) is 19.8 Å². The highest BCUT2D eigenvalue weighted by atomic mass is 32.2. The minimum atomic E-state index is -3.57. The molecule has 1 unspecified atom stereocenters. The van der Waals surface area contributed by atoms with Crippen molar-refractivity contribution < 1.29 is 17.5 Å². The smallest absolute Gasteiger partial charge is 0.240 e. The molecular weight excluding hydrogens is 317 g/mol. The normalized spacial score (nSPS) is 13.2. The van der Waals surface area contributed by atoms with Crippen LogP contribution < -0.4 is 4.72 Å². The van der Waals surface area contributed by atoms with E-state index in [1.807, 2.05) is 0 Å². The molecule has 0 saturated heterocycles. The molecule has 1 N–H and O–H groups in total. The molecule has 1 aromatic carbocycles. The van der Waals surface area contributed by atoms with Gasteiger partial charge >= 0.3 is 0 Å². The molecule has 0 bridgehead atoms. The monoisotopic (exact) mass is 345 g/mol. The van der Waals surface area contributed by atoms with E-state index >= 15 is 0 Å². The molecule has 0 aliphatic carbocycles. The summed E-state index contributed by atoms with van der Waals surface area (Å²) in [5, 5.41) is 0. The minimum Gasteiger partial charge on any atom is -0.381 e. The number of hydrogen-bond acceptors (Lipinski definition) is 3. The second kappa shape index (κ2) is 10.7. The van der Waals surface area contributed by atoms with Crippen LogP contribution >= 0.6 is 0 Å². The third-order valence-corrected chi connectivity index (χ3v) is 5.26. The zero-order valence-corrected chi connectivity index (χ0v) is 14.9. The summed E-state index contributed by atoms with van der Waals surface area (Å²) in [5.41, 5.74) is 0. The summed E-state index contributed by atoms with van der Waals surface area (Å²) in [6, 6.07) is 4.79. The van der Waals surface area contributed by atoms with Gasteiger partial charge in [-0.15, -0.1) is 0 Å². The van der Waals surface area contributed by atoms with Crippen molar-refractivity contribution in [2.24, 2.45) is 5.92 Å². The van der Waals surface area contributed by atoms with Gasteiger partial charge in [-0.3, -0.25) is 0 Å². The zero-order valence-electron chi connectivity index (χ0n) is 14.1. The third kappa shape index (κ3) is 7.90. The van der Waals surface area contributed by atoms with Gasteiger partial charge in [0, 0.05) is 19.8 Å². The first-order chi connectivity index (χ1) is 11.0. The van der Waals surface area contributed by atoms with Gasteiger partial charge in [-0.25, -0.2) is 17.5 Å². The maximum absolute atomic E-state index is 12.8. The number of hydrogen-bond donors (Lipinski definition) is 1. The molecule has 1 rings (SSSR count). The molecule has 0 spiro atoms. The third-order valence-electron chi connectivity index (χ3n) is 3.78. The number of benzene rings is 1. The Morgan fingerprint density at radius 2 is 1.87 bits per heavy atom. The van der Waals surface area contributed by atoms with Crippen LogP contribution in [0.2, 0.25) is 0 Å². The van der Waals surface area contributed by atoms with Crippen molar-refractivity contribution in [1.29, 1.82) is 0 Å². The van der Waals surface area contributed by atoms with E-state index in [4.69, 9.17) is 4.74 Å². The van der Waals surface area contributed by atoms with E-state index in [0.29, 0.717) is 25.5 Å². The number of ether oxygens (including phenoxy) is 1. The Morgan fingerprint density at radius 3 is 2.48 bits per heavy atom. The van der Waals surface area contributed by atoms with Crippen LogP contribution in [0.5, 0.6) is 0 Å². The highest BCUT2D eigenvalue weighted by Gasteiger charge is 2.13. The van der Waals surface area contributed by atoms with Crippen molar-refractivity contribution in [3.8, 4) is 0 Å². The molecule has 4 nitrogen and oxygen atoms in total. The van der Waals surface area contributed by atoms with Crippen LogP contribution in [0.4, 0.5) is 4.39 Å². The molecule has 1 atom stereocenters. The predicted molar refractivity (Wildman–Crippen MR) is 90.3 cm³/mol. The number of unbranched alkanes of at least 4 members (excludes halogenated alkanes) is 1. The molecule has 0 saturated carbocycles. The first-order valence-electron chi connectivity index (χ1n) is 8.32. The van der Waals surface area contributed by atoms with Gasteiger partial charge in [0.1, 0.15) is 5.82 Å². The molecule has 23 heavy (non-hydrogen) atoms. The fraction of sp³-hybridized carbons (Fsp3) is 0.647. The fourth-order valence-corrected chi connectivity index (χ4v) is 3.30. The zero-order chi connectivity index (χ0) is 17.1. The highest BCUT2D eigenvalue weighted by Crippen LogP contribution is 2.13. The van der Waals surface area contributed by atoms with Crippen LogP contribution in [0, 0.1) is 11.7 Å². The summed E-state index contributed by atoms with van der Waals surface area (Å²) in [6.07, 6.45) is 5.33.